The molecule has 1 N–H and O–H groups in total. The monoisotopic (exact) mass is 530 g/mol. The molecule has 0 bridgehead atoms. The van der Waals surface area contributed by atoms with Crippen LogP contribution in [0.1, 0.15) is 16.7 Å². The van der Waals surface area contributed by atoms with Crippen LogP contribution in [0.4, 0.5) is 5.69 Å². The highest BCUT2D eigenvalue weighted by Gasteiger charge is 2.12. The van der Waals surface area contributed by atoms with E-state index in [0.29, 0.717) is 28.6 Å². The average molecular weight is 532 g/mol. The maximum absolute atomic E-state index is 12.6. The van der Waals surface area contributed by atoms with Crippen LogP contribution in [-0.4, -0.2) is 5.91 Å². The lowest BCUT2D eigenvalue weighted by Crippen LogP contribution is -2.14. The second-order valence-corrected chi connectivity index (χ2v) is 8.99. The van der Waals surface area contributed by atoms with Crippen LogP contribution in [0.25, 0.3) is 16.8 Å². The summed E-state index contributed by atoms with van der Waals surface area (Å²) in [5.74, 6) is 0.185. The fourth-order valence-electron chi connectivity index (χ4n) is 3.57. The molecule has 4 nitrogen and oxygen atoms in total. The van der Waals surface area contributed by atoms with Crippen LogP contribution >= 0.6 is 27.5 Å². The first-order chi connectivity index (χ1) is 16.4. The number of nitrogens with one attached hydrogen (secondary N) is 1. The molecule has 0 aliphatic rings. The molecule has 0 aliphatic heterocycles. The SMILES string of the molecule is Cc1cc(Cl)ccc1NC(=O)/C(C#N)=C/c1ccc(OCc2cccc3ccccc23)c(Br)c1. The molecule has 0 radical (unpaired) electrons. The number of aryl methyl sites for hydroxylation is 1. The van der Waals surface area contributed by atoms with Crippen LogP contribution in [-0.2, 0) is 11.4 Å². The number of nitriles is 1. The van der Waals surface area contributed by atoms with Gasteiger partial charge in [-0.3, -0.25) is 4.79 Å². The predicted octanol–water partition coefficient (Wildman–Crippen LogP) is 7.69. The van der Waals surface area contributed by atoms with Crippen LogP contribution in [0.15, 0.2) is 88.9 Å². The van der Waals surface area contributed by atoms with Gasteiger partial charge in [0.15, 0.2) is 0 Å². The number of fused-ring (bicyclic) bond motifs is 1. The van der Waals surface area contributed by atoms with Gasteiger partial charge in [0, 0.05) is 10.7 Å². The Balaban J connectivity index is 1.49. The summed E-state index contributed by atoms with van der Waals surface area (Å²) in [7, 11) is 0. The molecule has 168 valence electrons. The van der Waals surface area contributed by atoms with E-state index in [1.165, 1.54) is 5.39 Å². The maximum atomic E-state index is 12.6. The number of rotatable bonds is 6. The number of nitrogens with zero attached hydrogens (tertiary/aromatic N) is 1. The number of halogens is 2. The van der Waals surface area contributed by atoms with Gasteiger partial charge in [0.2, 0.25) is 0 Å². The standard InChI is InChI=1S/C28H20BrClN2O2/c1-18-13-23(30)10-11-26(18)32-28(33)22(16-31)14-19-9-12-27(25(29)15-19)34-17-21-7-4-6-20-5-2-3-8-24(20)21/h2-15H,17H2,1H3,(H,32,33)/b22-14+. The van der Waals surface area contributed by atoms with Gasteiger partial charge in [0.05, 0.1) is 4.47 Å². The van der Waals surface area contributed by atoms with E-state index in [4.69, 9.17) is 16.3 Å². The summed E-state index contributed by atoms with van der Waals surface area (Å²) >= 11 is 9.51. The van der Waals surface area contributed by atoms with E-state index in [2.05, 4.69) is 39.4 Å². The highest BCUT2D eigenvalue weighted by atomic mass is 79.9. The fourth-order valence-corrected chi connectivity index (χ4v) is 4.31. The lowest BCUT2D eigenvalue weighted by Gasteiger charge is -2.11. The normalized spacial score (nSPS) is 11.2. The van der Waals surface area contributed by atoms with E-state index in [9.17, 15) is 10.1 Å². The van der Waals surface area contributed by atoms with Gasteiger partial charge in [-0.2, -0.15) is 5.26 Å². The van der Waals surface area contributed by atoms with Gasteiger partial charge >= 0.3 is 0 Å². The van der Waals surface area contributed by atoms with Crippen molar-refractivity contribution in [1.29, 1.82) is 5.26 Å². The molecule has 0 aliphatic carbocycles. The number of amides is 1. The first-order valence-electron chi connectivity index (χ1n) is 10.5. The van der Waals surface area contributed by atoms with E-state index in [1.54, 1.807) is 30.3 Å². The van der Waals surface area contributed by atoms with Crippen LogP contribution < -0.4 is 10.1 Å². The van der Waals surface area contributed by atoms with E-state index in [1.807, 2.05) is 49.4 Å². The molecule has 6 heteroatoms. The van der Waals surface area contributed by atoms with Crippen molar-refractivity contribution < 1.29 is 9.53 Å². The predicted molar refractivity (Wildman–Crippen MR) is 141 cm³/mol. The molecule has 0 heterocycles. The van der Waals surface area contributed by atoms with E-state index in [-0.39, 0.29) is 5.57 Å². The van der Waals surface area contributed by atoms with E-state index >= 15 is 0 Å². The van der Waals surface area contributed by atoms with Crippen molar-refractivity contribution in [2.45, 2.75) is 13.5 Å². The molecular formula is C28H20BrClN2O2. The van der Waals surface area contributed by atoms with Gasteiger partial charge in [-0.25, -0.2) is 0 Å². The summed E-state index contributed by atoms with van der Waals surface area (Å²) < 4.78 is 6.77. The summed E-state index contributed by atoms with van der Waals surface area (Å²) in [5.41, 5.74) is 3.20. The summed E-state index contributed by atoms with van der Waals surface area (Å²) in [4.78, 5) is 12.6. The zero-order valence-corrected chi connectivity index (χ0v) is 20.7. The number of ether oxygens (including phenoxy) is 1. The zero-order valence-electron chi connectivity index (χ0n) is 18.3. The Kier molecular flexibility index (Phi) is 7.32. The average Bonchev–Trinajstić information content (AvgIpc) is 2.83. The minimum atomic E-state index is -0.486. The highest BCUT2D eigenvalue weighted by molar-refractivity contribution is 9.10. The molecule has 4 aromatic carbocycles. The Bertz CT molecular complexity index is 1450. The molecule has 0 atom stereocenters. The van der Waals surface area contributed by atoms with Gasteiger partial charge in [0.25, 0.3) is 5.91 Å². The quantitative estimate of drug-likeness (QED) is 0.205. The molecule has 0 fully saturated rings. The lowest BCUT2D eigenvalue weighted by atomic mass is 10.1. The Labute approximate surface area is 211 Å². The maximum Gasteiger partial charge on any atom is 0.266 e. The summed E-state index contributed by atoms with van der Waals surface area (Å²) in [6.45, 7) is 2.26. The van der Waals surface area contributed by atoms with Gasteiger partial charge in [-0.1, -0.05) is 60.1 Å². The second-order valence-electron chi connectivity index (χ2n) is 7.70. The molecule has 0 saturated heterocycles. The summed E-state index contributed by atoms with van der Waals surface area (Å²) in [5, 5.41) is 15.2. The van der Waals surface area contributed by atoms with Crippen LogP contribution in [0.3, 0.4) is 0 Å². The van der Waals surface area contributed by atoms with Crippen LogP contribution in [0.2, 0.25) is 5.02 Å². The third kappa shape index (κ3) is 5.48. The smallest absolute Gasteiger partial charge is 0.266 e. The molecule has 0 aromatic heterocycles. The zero-order chi connectivity index (χ0) is 24.1. The van der Waals surface area contributed by atoms with Gasteiger partial charge in [-0.15, -0.1) is 0 Å². The Morgan fingerprint density at radius 2 is 1.88 bits per heavy atom. The van der Waals surface area contributed by atoms with Crippen molar-refractivity contribution in [3.8, 4) is 11.8 Å². The Hall–Kier alpha value is -3.59. The number of benzene rings is 4. The van der Waals surface area contributed by atoms with Crippen molar-refractivity contribution in [2.24, 2.45) is 0 Å². The minimum absolute atomic E-state index is 0.00864. The molecule has 4 aromatic rings. The third-order valence-corrected chi connectivity index (χ3v) is 6.19. The summed E-state index contributed by atoms with van der Waals surface area (Å²) in [6.07, 6.45) is 1.54. The van der Waals surface area contributed by atoms with Crippen LogP contribution in [0.5, 0.6) is 5.75 Å². The molecule has 1 amide bonds. The number of hydrogen-bond donors (Lipinski definition) is 1. The van der Waals surface area contributed by atoms with Crippen LogP contribution in [0, 0.1) is 18.3 Å². The number of carbonyl (C=O) groups is 1. The molecule has 34 heavy (non-hydrogen) atoms. The largest absolute Gasteiger partial charge is 0.488 e. The van der Waals surface area contributed by atoms with E-state index in [0.717, 1.165) is 21.0 Å². The number of hydrogen-bond acceptors (Lipinski definition) is 3. The van der Waals surface area contributed by atoms with Crippen molar-refractivity contribution in [3.63, 3.8) is 0 Å². The fraction of sp³-hybridized carbons (Fsp3) is 0.0714. The third-order valence-electron chi connectivity index (χ3n) is 5.33. The molecule has 0 spiro atoms. The Morgan fingerprint density at radius 3 is 2.65 bits per heavy atom. The topological polar surface area (TPSA) is 62.1 Å². The molecule has 4 rings (SSSR count). The first-order valence-corrected chi connectivity index (χ1v) is 11.7. The van der Waals surface area contributed by atoms with Crippen molar-refractivity contribution >= 4 is 56.0 Å². The lowest BCUT2D eigenvalue weighted by molar-refractivity contribution is -0.112. The molecular weight excluding hydrogens is 512 g/mol. The summed E-state index contributed by atoms with van der Waals surface area (Å²) in [6, 6.07) is 26.9. The number of carbonyl (C=O) groups excluding carboxylic acids is 1. The van der Waals surface area contributed by atoms with Gasteiger partial charge in [0.1, 0.15) is 24.0 Å². The molecule has 0 unspecified atom stereocenters. The van der Waals surface area contributed by atoms with Crippen molar-refractivity contribution in [1.82, 2.24) is 0 Å². The van der Waals surface area contributed by atoms with Crippen molar-refractivity contribution in [2.75, 3.05) is 5.32 Å². The molecule has 0 saturated carbocycles. The number of anilines is 1. The van der Waals surface area contributed by atoms with Gasteiger partial charge < -0.3 is 10.1 Å². The first kappa shape index (κ1) is 23.6. The highest BCUT2D eigenvalue weighted by Crippen LogP contribution is 2.29. The van der Waals surface area contributed by atoms with Crippen molar-refractivity contribution in [3.05, 3.63) is 111 Å². The van der Waals surface area contributed by atoms with E-state index < -0.39 is 5.91 Å². The minimum Gasteiger partial charge on any atom is -0.488 e. The van der Waals surface area contributed by atoms with Gasteiger partial charge in [-0.05, 0) is 86.7 Å². The second kappa shape index (κ2) is 10.6. The Morgan fingerprint density at radius 1 is 1.09 bits per heavy atom.